The summed E-state index contributed by atoms with van der Waals surface area (Å²) in [7, 11) is 0. The zero-order valence-electron chi connectivity index (χ0n) is 11.9. The van der Waals surface area contributed by atoms with Crippen LogP contribution in [-0.4, -0.2) is 5.78 Å². The number of halogens is 1. The molecule has 0 N–H and O–H groups in total. The second-order valence-corrected chi connectivity index (χ2v) is 5.90. The van der Waals surface area contributed by atoms with Crippen molar-refractivity contribution in [3.63, 3.8) is 0 Å². The Morgan fingerprint density at radius 1 is 1.10 bits per heavy atom. The van der Waals surface area contributed by atoms with Crippen molar-refractivity contribution < 1.29 is 4.79 Å². The Morgan fingerprint density at radius 2 is 1.80 bits per heavy atom. The van der Waals surface area contributed by atoms with Crippen molar-refractivity contribution in [1.82, 2.24) is 0 Å². The first-order valence-electron chi connectivity index (χ1n) is 7.02. The highest BCUT2D eigenvalue weighted by atomic mass is 79.9. The molecule has 0 saturated heterocycles. The molecule has 0 aliphatic carbocycles. The fraction of sp³-hybridized carbons (Fsp3) is 0.278. The molecule has 0 spiro atoms. The van der Waals surface area contributed by atoms with Gasteiger partial charge in [-0.1, -0.05) is 65.7 Å². The highest BCUT2D eigenvalue weighted by Gasteiger charge is 2.12. The number of ketones is 1. The van der Waals surface area contributed by atoms with Crippen molar-refractivity contribution in [2.45, 2.75) is 33.1 Å². The van der Waals surface area contributed by atoms with Crippen molar-refractivity contribution in [3.05, 3.63) is 69.2 Å². The summed E-state index contributed by atoms with van der Waals surface area (Å²) in [6.45, 7) is 4.15. The van der Waals surface area contributed by atoms with Crippen LogP contribution in [0.15, 0.2) is 46.9 Å². The quantitative estimate of drug-likeness (QED) is 0.677. The topological polar surface area (TPSA) is 17.1 Å². The van der Waals surface area contributed by atoms with E-state index in [2.05, 4.69) is 35.0 Å². The van der Waals surface area contributed by atoms with Gasteiger partial charge in [0.05, 0.1) is 0 Å². The Hall–Kier alpha value is -1.41. The van der Waals surface area contributed by atoms with Crippen LogP contribution in [0.25, 0.3) is 0 Å². The van der Waals surface area contributed by atoms with E-state index in [1.165, 1.54) is 18.4 Å². The molecule has 0 aliphatic heterocycles. The predicted octanol–water partition coefficient (Wildman–Crippen LogP) is 5.33. The van der Waals surface area contributed by atoms with Gasteiger partial charge in [-0.3, -0.25) is 4.79 Å². The van der Waals surface area contributed by atoms with Crippen LogP contribution >= 0.6 is 15.9 Å². The summed E-state index contributed by atoms with van der Waals surface area (Å²) >= 11 is 3.47. The lowest BCUT2D eigenvalue weighted by atomic mass is 9.97. The molecular weight excluding hydrogens is 312 g/mol. The predicted molar refractivity (Wildman–Crippen MR) is 87.4 cm³/mol. The fourth-order valence-corrected chi connectivity index (χ4v) is 2.58. The first-order valence-corrected chi connectivity index (χ1v) is 7.81. The normalized spacial score (nSPS) is 10.6. The molecule has 0 aliphatic rings. The van der Waals surface area contributed by atoms with Crippen LogP contribution < -0.4 is 0 Å². The lowest BCUT2D eigenvalue weighted by Gasteiger charge is -2.07. The molecule has 2 aromatic rings. The molecule has 0 heterocycles. The maximum atomic E-state index is 12.5. The number of carbonyl (C=O) groups excluding carboxylic acids is 1. The van der Waals surface area contributed by atoms with E-state index < -0.39 is 0 Å². The van der Waals surface area contributed by atoms with Crippen LogP contribution in [0.2, 0.25) is 0 Å². The molecule has 0 bridgehead atoms. The largest absolute Gasteiger partial charge is 0.289 e. The van der Waals surface area contributed by atoms with Gasteiger partial charge in [0.25, 0.3) is 0 Å². The molecule has 2 rings (SSSR count). The van der Waals surface area contributed by atoms with Crippen molar-refractivity contribution in [2.24, 2.45) is 0 Å². The Balaban J connectivity index is 2.23. The van der Waals surface area contributed by atoms with E-state index in [4.69, 9.17) is 0 Å². The number of aryl methyl sites for hydroxylation is 1. The van der Waals surface area contributed by atoms with Crippen molar-refractivity contribution in [1.29, 1.82) is 0 Å². The molecule has 104 valence electrons. The second kappa shape index (κ2) is 6.85. The summed E-state index contributed by atoms with van der Waals surface area (Å²) in [6, 6.07) is 13.8. The lowest BCUT2D eigenvalue weighted by Crippen LogP contribution is -2.04. The molecule has 0 aromatic heterocycles. The average molecular weight is 331 g/mol. The molecule has 0 fully saturated rings. The van der Waals surface area contributed by atoms with E-state index in [-0.39, 0.29) is 5.78 Å². The second-order valence-electron chi connectivity index (χ2n) is 5.04. The first kappa shape index (κ1) is 15.0. The van der Waals surface area contributed by atoms with Crippen molar-refractivity contribution in [2.75, 3.05) is 0 Å². The number of hydrogen-bond donors (Lipinski definition) is 0. The molecule has 0 atom stereocenters. The summed E-state index contributed by atoms with van der Waals surface area (Å²) in [6.07, 6.45) is 3.47. The van der Waals surface area contributed by atoms with Gasteiger partial charge in [-0.2, -0.15) is 0 Å². The van der Waals surface area contributed by atoms with Crippen LogP contribution in [0.5, 0.6) is 0 Å². The molecule has 0 unspecified atom stereocenters. The van der Waals surface area contributed by atoms with Gasteiger partial charge in [0.2, 0.25) is 0 Å². The van der Waals surface area contributed by atoms with Crippen molar-refractivity contribution >= 4 is 21.7 Å². The molecule has 1 nitrogen and oxygen atoms in total. The highest BCUT2D eigenvalue weighted by Crippen LogP contribution is 2.22. The zero-order chi connectivity index (χ0) is 14.5. The van der Waals surface area contributed by atoms with Crippen LogP contribution in [-0.2, 0) is 6.42 Å². The summed E-state index contributed by atoms with van der Waals surface area (Å²) in [4.78, 5) is 12.5. The summed E-state index contributed by atoms with van der Waals surface area (Å²) < 4.78 is 0.975. The Kier molecular flexibility index (Phi) is 5.13. The van der Waals surface area contributed by atoms with E-state index in [0.29, 0.717) is 0 Å². The molecular formula is C18H19BrO. The fourth-order valence-electron chi connectivity index (χ4n) is 2.21. The minimum Gasteiger partial charge on any atom is -0.289 e. The third-order valence-electron chi connectivity index (χ3n) is 3.55. The van der Waals surface area contributed by atoms with Crippen LogP contribution in [0.1, 0.15) is 46.8 Å². The van der Waals surface area contributed by atoms with Crippen LogP contribution in [0.3, 0.4) is 0 Å². The van der Waals surface area contributed by atoms with E-state index >= 15 is 0 Å². The average Bonchev–Trinajstić information content (AvgIpc) is 2.48. The minimum absolute atomic E-state index is 0.0887. The molecule has 0 saturated carbocycles. The third-order valence-corrected chi connectivity index (χ3v) is 4.41. The highest BCUT2D eigenvalue weighted by molar-refractivity contribution is 9.10. The van der Waals surface area contributed by atoms with Gasteiger partial charge in [0, 0.05) is 15.6 Å². The van der Waals surface area contributed by atoms with Gasteiger partial charge < -0.3 is 0 Å². The molecule has 2 heteroatoms. The van der Waals surface area contributed by atoms with E-state index in [1.54, 1.807) is 0 Å². The smallest absolute Gasteiger partial charge is 0.193 e. The SMILES string of the molecule is CCCCc1ccc(C(=O)c2cccc(Br)c2C)cc1. The number of benzene rings is 2. The monoisotopic (exact) mass is 330 g/mol. The number of carbonyl (C=O) groups is 1. The summed E-state index contributed by atoms with van der Waals surface area (Å²) in [5, 5.41) is 0. The van der Waals surface area contributed by atoms with Gasteiger partial charge in [-0.25, -0.2) is 0 Å². The lowest BCUT2D eigenvalue weighted by molar-refractivity contribution is 0.103. The maximum absolute atomic E-state index is 12.5. The Bertz CT molecular complexity index is 599. The number of rotatable bonds is 5. The zero-order valence-corrected chi connectivity index (χ0v) is 13.5. The Morgan fingerprint density at radius 3 is 2.45 bits per heavy atom. The number of hydrogen-bond acceptors (Lipinski definition) is 1. The number of unbranched alkanes of at least 4 members (excludes halogenated alkanes) is 1. The van der Waals surface area contributed by atoms with Gasteiger partial charge in [-0.15, -0.1) is 0 Å². The van der Waals surface area contributed by atoms with Crippen LogP contribution in [0, 0.1) is 6.92 Å². The summed E-state index contributed by atoms with van der Waals surface area (Å²) in [5.74, 6) is 0.0887. The van der Waals surface area contributed by atoms with E-state index in [0.717, 1.165) is 27.6 Å². The van der Waals surface area contributed by atoms with Gasteiger partial charge >= 0.3 is 0 Å². The minimum atomic E-state index is 0.0887. The molecule has 2 aromatic carbocycles. The molecule has 0 radical (unpaired) electrons. The maximum Gasteiger partial charge on any atom is 0.193 e. The van der Waals surface area contributed by atoms with E-state index in [1.807, 2.05) is 37.3 Å². The van der Waals surface area contributed by atoms with E-state index in [9.17, 15) is 4.79 Å². The molecule has 0 amide bonds. The standard InChI is InChI=1S/C18H19BrO/c1-3-4-6-14-9-11-15(12-10-14)18(20)16-7-5-8-17(19)13(16)2/h5,7-12H,3-4,6H2,1-2H3. The molecule has 20 heavy (non-hydrogen) atoms. The van der Waals surface area contributed by atoms with Crippen LogP contribution in [0.4, 0.5) is 0 Å². The Labute approximate surface area is 129 Å². The van der Waals surface area contributed by atoms with Gasteiger partial charge in [0.15, 0.2) is 5.78 Å². The summed E-state index contributed by atoms with van der Waals surface area (Å²) in [5.41, 5.74) is 3.81. The van der Waals surface area contributed by atoms with Gasteiger partial charge in [-0.05, 0) is 37.0 Å². The van der Waals surface area contributed by atoms with Crippen molar-refractivity contribution in [3.8, 4) is 0 Å². The first-order chi connectivity index (χ1) is 9.63. The third kappa shape index (κ3) is 3.37. The van der Waals surface area contributed by atoms with Gasteiger partial charge in [0.1, 0.15) is 0 Å².